The average Bonchev–Trinajstić information content (AvgIpc) is 2.51. The second-order valence-corrected chi connectivity index (χ2v) is 6.51. The minimum atomic E-state index is -4.50. The third kappa shape index (κ3) is 3.50. The molecule has 0 unspecified atom stereocenters. The lowest BCUT2D eigenvalue weighted by atomic mass is 10.1. The van der Waals surface area contributed by atoms with E-state index < -0.39 is 21.8 Å². The lowest BCUT2D eigenvalue weighted by Gasteiger charge is -2.21. The summed E-state index contributed by atoms with van der Waals surface area (Å²) in [6.07, 6.45) is -4.50. The zero-order valence-electron chi connectivity index (χ0n) is 10.6. The number of rotatable bonds is 2. The van der Waals surface area contributed by atoms with Gasteiger partial charge in [-0.3, -0.25) is 0 Å². The number of nitrogens with zero attached hydrogens (tertiary/aromatic N) is 1. The molecule has 4 nitrogen and oxygen atoms in total. The van der Waals surface area contributed by atoms with Crippen LogP contribution in [-0.4, -0.2) is 38.2 Å². The van der Waals surface area contributed by atoms with Crippen molar-refractivity contribution < 1.29 is 26.3 Å². The fourth-order valence-corrected chi connectivity index (χ4v) is 3.28. The molecule has 0 saturated carbocycles. The van der Waals surface area contributed by atoms with Gasteiger partial charge in [-0.25, -0.2) is 8.42 Å². The number of ether oxygens (including phenoxy) is 1. The summed E-state index contributed by atoms with van der Waals surface area (Å²) in [7, 11) is -3.58. The van der Waals surface area contributed by atoms with Crippen LogP contribution in [0.25, 0.3) is 0 Å². The molecule has 1 aliphatic rings. The largest absolute Gasteiger partial charge is 0.416 e. The lowest BCUT2D eigenvalue weighted by molar-refractivity contribution is -0.138. The molecule has 112 valence electrons. The zero-order chi connectivity index (χ0) is 14.8. The number of alkyl halides is 3. The Morgan fingerprint density at radius 3 is 2.60 bits per heavy atom. The zero-order valence-corrected chi connectivity index (χ0v) is 11.4. The van der Waals surface area contributed by atoms with Gasteiger partial charge in [0.15, 0.2) is 0 Å². The minimum Gasteiger partial charge on any atom is -0.379 e. The van der Waals surface area contributed by atoms with Gasteiger partial charge in [0, 0.05) is 13.1 Å². The van der Waals surface area contributed by atoms with Crippen molar-refractivity contribution >= 4 is 10.0 Å². The normalized spacial score (nSPS) is 20.6. The van der Waals surface area contributed by atoms with Crippen LogP contribution >= 0.6 is 0 Å². The Kier molecular flexibility index (Phi) is 4.36. The predicted octanol–water partition coefficient (Wildman–Crippen LogP) is 1.87. The highest BCUT2D eigenvalue weighted by Crippen LogP contribution is 2.32. The van der Waals surface area contributed by atoms with Gasteiger partial charge in [0.2, 0.25) is 10.0 Å². The molecule has 8 heteroatoms. The highest BCUT2D eigenvalue weighted by atomic mass is 32.2. The Hall–Kier alpha value is -1.12. The molecular formula is C12H14F3NO3S. The van der Waals surface area contributed by atoms with Crippen molar-refractivity contribution in [2.75, 3.05) is 25.5 Å². The van der Waals surface area contributed by atoms with E-state index in [1.54, 1.807) is 0 Å². The van der Waals surface area contributed by atoms with Gasteiger partial charge < -0.3 is 4.74 Å². The summed E-state index contributed by atoms with van der Waals surface area (Å²) in [4.78, 5) is 0. The van der Waals surface area contributed by atoms with Gasteiger partial charge in [0.1, 0.15) is 0 Å². The van der Waals surface area contributed by atoms with E-state index in [-0.39, 0.29) is 37.6 Å². The van der Waals surface area contributed by atoms with Crippen molar-refractivity contribution in [2.24, 2.45) is 0 Å². The summed E-state index contributed by atoms with van der Waals surface area (Å²) in [6, 6.07) is 5.00. The summed E-state index contributed by atoms with van der Waals surface area (Å²) >= 11 is 0. The highest BCUT2D eigenvalue weighted by molar-refractivity contribution is 7.89. The van der Waals surface area contributed by atoms with Crippen LogP contribution in [0, 0.1) is 0 Å². The molecule has 2 rings (SSSR count). The second kappa shape index (κ2) is 5.71. The maximum atomic E-state index is 12.9. The molecule has 1 aromatic rings. The number of benzene rings is 1. The van der Waals surface area contributed by atoms with E-state index in [0.29, 0.717) is 0 Å². The van der Waals surface area contributed by atoms with Gasteiger partial charge in [0.25, 0.3) is 0 Å². The molecule has 0 amide bonds. The third-order valence-corrected chi connectivity index (χ3v) is 4.81. The highest BCUT2D eigenvalue weighted by Gasteiger charge is 2.34. The summed E-state index contributed by atoms with van der Waals surface area (Å²) in [5, 5.41) is 0. The molecule has 0 aliphatic carbocycles. The first-order chi connectivity index (χ1) is 9.31. The molecule has 1 aromatic carbocycles. The van der Waals surface area contributed by atoms with Crippen LogP contribution in [0.15, 0.2) is 24.3 Å². The van der Waals surface area contributed by atoms with Crippen LogP contribution in [0.4, 0.5) is 13.2 Å². The molecule has 1 aliphatic heterocycles. The van der Waals surface area contributed by atoms with Crippen molar-refractivity contribution in [3.63, 3.8) is 0 Å². The molecule has 20 heavy (non-hydrogen) atoms. The van der Waals surface area contributed by atoms with E-state index in [2.05, 4.69) is 0 Å². The van der Waals surface area contributed by atoms with Crippen LogP contribution in [0.1, 0.15) is 11.1 Å². The van der Waals surface area contributed by atoms with Gasteiger partial charge in [-0.15, -0.1) is 0 Å². The number of halogens is 3. The van der Waals surface area contributed by atoms with Gasteiger partial charge >= 0.3 is 6.18 Å². The molecule has 0 aromatic heterocycles. The molecule has 1 heterocycles. The topological polar surface area (TPSA) is 46.6 Å². The number of hydrogen-bond donors (Lipinski definition) is 0. The minimum absolute atomic E-state index is 0.0505. The Labute approximate surface area is 115 Å². The van der Waals surface area contributed by atoms with Crippen LogP contribution in [0.5, 0.6) is 0 Å². The summed E-state index contributed by atoms with van der Waals surface area (Å²) in [5.41, 5.74) is -0.856. The summed E-state index contributed by atoms with van der Waals surface area (Å²) in [5.74, 6) is -0.207. The fourth-order valence-electron chi connectivity index (χ4n) is 2.00. The molecule has 1 fully saturated rings. The molecule has 1 saturated heterocycles. The van der Waals surface area contributed by atoms with E-state index in [0.717, 1.165) is 10.4 Å². The van der Waals surface area contributed by atoms with E-state index in [1.165, 1.54) is 18.2 Å². The van der Waals surface area contributed by atoms with Crippen molar-refractivity contribution in [1.82, 2.24) is 4.31 Å². The third-order valence-electron chi connectivity index (χ3n) is 3.03. The summed E-state index contributed by atoms with van der Waals surface area (Å²) < 4.78 is 68.6. The Morgan fingerprint density at radius 2 is 1.90 bits per heavy atom. The lowest BCUT2D eigenvalue weighted by Crippen LogP contribution is -2.33. The standard InChI is InChI=1S/C12H14F3NO3S/c13-12(14,15)11-4-2-1-3-10(11)9-16-5-6-19-7-8-20(16,17)18/h1-4H,5-9H2. The molecule has 0 radical (unpaired) electrons. The van der Waals surface area contributed by atoms with E-state index >= 15 is 0 Å². The van der Waals surface area contributed by atoms with Crippen LogP contribution in [0.2, 0.25) is 0 Å². The molecular weight excluding hydrogens is 295 g/mol. The Bertz CT molecular complexity index is 572. The Balaban J connectivity index is 2.30. The first-order valence-corrected chi connectivity index (χ1v) is 7.62. The van der Waals surface area contributed by atoms with Crippen molar-refractivity contribution in [2.45, 2.75) is 12.7 Å². The van der Waals surface area contributed by atoms with Crippen LogP contribution in [-0.2, 0) is 27.5 Å². The maximum absolute atomic E-state index is 12.9. The van der Waals surface area contributed by atoms with Gasteiger partial charge in [0.05, 0.1) is 24.5 Å². The van der Waals surface area contributed by atoms with E-state index in [4.69, 9.17) is 4.74 Å². The molecule has 0 atom stereocenters. The van der Waals surface area contributed by atoms with E-state index in [9.17, 15) is 21.6 Å². The first-order valence-electron chi connectivity index (χ1n) is 6.01. The predicted molar refractivity (Wildman–Crippen MR) is 66.5 cm³/mol. The number of sulfonamides is 1. The van der Waals surface area contributed by atoms with Gasteiger partial charge in [-0.05, 0) is 11.6 Å². The first kappa shape index (κ1) is 15.3. The molecule has 0 bridgehead atoms. The van der Waals surface area contributed by atoms with E-state index in [1.807, 2.05) is 0 Å². The SMILES string of the molecule is O=S1(=O)CCOCCN1Cc1ccccc1C(F)(F)F. The second-order valence-electron chi connectivity index (χ2n) is 4.42. The van der Waals surface area contributed by atoms with Gasteiger partial charge in [-0.2, -0.15) is 17.5 Å². The van der Waals surface area contributed by atoms with Crippen LogP contribution in [0.3, 0.4) is 0 Å². The average molecular weight is 309 g/mol. The Morgan fingerprint density at radius 1 is 1.20 bits per heavy atom. The van der Waals surface area contributed by atoms with Crippen molar-refractivity contribution in [1.29, 1.82) is 0 Å². The molecule has 0 spiro atoms. The van der Waals surface area contributed by atoms with Crippen LogP contribution < -0.4 is 0 Å². The maximum Gasteiger partial charge on any atom is 0.416 e. The molecule has 0 N–H and O–H groups in total. The monoisotopic (exact) mass is 309 g/mol. The number of hydrogen-bond acceptors (Lipinski definition) is 3. The smallest absolute Gasteiger partial charge is 0.379 e. The fraction of sp³-hybridized carbons (Fsp3) is 0.500. The summed E-state index contributed by atoms with van der Waals surface area (Å²) in [6.45, 7) is 0.0308. The van der Waals surface area contributed by atoms with Crippen molar-refractivity contribution in [3.05, 3.63) is 35.4 Å². The van der Waals surface area contributed by atoms with Crippen molar-refractivity contribution in [3.8, 4) is 0 Å². The quantitative estimate of drug-likeness (QED) is 0.838. The van der Waals surface area contributed by atoms with Gasteiger partial charge in [-0.1, -0.05) is 18.2 Å².